The molecule has 1 aromatic carbocycles. The topological polar surface area (TPSA) is 65.3 Å². The van der Waals surface area contributed by atoms with E-state index in [0.717, 1.165) is 73.5 Å². The van der Waals surface area contributed by atoms with E-state index >= 15 is 0 Å². The Morgan fingerprint density at radius 3 is 2.83 bits per heavy atom. The van der Waals surface area contributed by atoms with Crippen LogP contribution in [0.4, 0.5) is 11.4 Å². The molecule has 0 atom stereocenters. The summed E-state index contributed by atoms with van der Waals surface area (Å²) in [5.41, 5.74) is 6.85. The van der Waals surface area contributed by atoms with Gasteiger partial charge in [-0.1, -0.05) is 42.5 Å². The van der Waals surface area contributed by atoms with Crippen molar-refractivity contribution in [2.75, 3.05) is 62.7 Å². The summed E-state index contributed by atoms with van der Waals surface area (Å²) in [5, 5.41) is 4.24. The molecule has 206 valence electrons. The van der Waals surface area contributed by atoms with Crippen LogP contribution >= 0.6 is 11.6 Å². The van der Waals surface area contributed by atoms with Crippen LogP contribution < -0.4 is 10.2 Å². The molecule has 3 heterocycles. The second-order valence-corrected chi connectivity index (χ2v) is 10.2. The molecule has 1 aromatic heterocycles. The van der Waals surface area contributed by atoms with Crippen LogP contribution in [0, 0.1) is 0 Å². The highest BCUT2D eigenvalue weighted by Crippen LogP contribution is 2.29. The number of fused-ring (bicyclic) bond motifs is 1. The fourth-order valence-corrected chi connectivity index (χ4v) is 4.94. The molecule has 1 saturated heterocycles. The Labute approximate surface area is 241 Å². The van der Waals surface area contributed by atoms with Crippen molar-refractivity contribution in [2.24, 2.45) is 9.98 Å². The molecule has 2 aliphatic heterocycles. The van der Waals surface area contributed by atoms with Gasteiger partial charge in [0, 0.05) is 49.7 Å². The van der Waals surface area contributed by atoms with E-state index in [9.17, 15) is 0 Å². The molecule has 1 aliphatic carbocycles. The van der Waals surface area contributed by atoms with Crippen LogP contribution in [0.3, 0.4) is 0 Å². The molecule has 2 aromatic rings. The Bertz CT molecular complexity index is 1350. The van der Waals surface area contributed by atoms with Crippen molar-refractivity contribution in [1.29, 1.82) is 0 Å². The van der Waals surface area contributed by atoms with Gasteiger partial charge >= 0.3 is 0 Å². The maximum absolute atomic E-state index is 6.24. The monoisotopic (exact) mass is 554 g/mol. The molecule has 7 nitrogen and oxygen atoms in total. The number of halogens is 1. The van der Waals surface area contributed by atoms with Gasteiger partial charge in [-0.2, -0.15) is 0 Å². The molecular formula is C32H35ClN6O. The number of benzene rings is 1. The third kappa shape index (κ3) is 7.45. The van der Waals surface area contributed by atoms with E-state index in [1.807, 2.05) is 42.6 Å². The van der Waals surface area contributed by atoms with Crippen molar-refractivity contribution in [2.45, 2.75) is 6.42 Å². The molecule has 8 heteroatoms. The lowest BCUT2D eigenvalue weighted by Gasteiger charge is -2.29. The van der Waals surface area contributed by atoms with Gasteiger partial charge < -0.3 is 15.0 Å². The van der Waals surface area contributed by atoms with Gasteiger partial charge in [-0.3, -0.25) is 19.9 Å². The number of nitrogens with one attached hydrogen (secondary N) is 1. The minimum Gasteiger partial charge on any atom is -0.380 e. The number of hydrogen-bond donors (Lipinski definition) is 1. The number of nitrogens with zero attached hydrogens (tertiary/aromatic N) is 5. The average Bonchev–Trinajstić information content (AvgIpc) is 3.34. The summed E-state index contributed by atoms with van der Waals surface area (Å²) in [7, 11) is 0. The molecule has 0 radical (unpaired) electrons. The Hall–Kier alpha value is -3.78. The number of hydrogen-bond acceptors (Lipinski definition) is 7. The molecule has 40 heavy (non-hydrogen) atoms. The van der Waals surface area contributed by atoms with E-state index in [1.165, 1.54) is 5.57 Å². The van der Waals surface area contributed by atoms with Gasteiger partial charge in [-0.25, -0.2) is 0 Å². The van der Waals surface area contributed by atoms with Crippen molar-refractivity contribution < 1.29 is 4.74 Å². The molecule has 5 rings (SSSR count). The number of pyridine rings is 1. The highest BCUT2D eigenvalue weighted by molar-refractivity contribution is 6.30. The smallest absolute Gasteiger partial charge is 0.0837 e. The predicted molar refractivity (Wildman–Crippen MR) is 167 cm³/mol. The summed E-state index contributed by atoms with van der Waals surface area (Å²) in [6.45, 7) is 10.3. The van der Waals surface area contributed by atoms with E-state index in [0.29, 0.717) is 24.7 Å². The average molecular weight is 555 g/mol. The van der Waals surface area contributed by atoms with Crippen LogP contribution in [0.5, 0.6) is 0 Å². The Balaban J connectivity index is 1.50. The van der Waals surface area contributed by atoms with Crippen molar-refractivity contribution in [3.05, 3.63) is 114 Å². The van der Waals surface area contributed by atoms with E-state index in [1.54, 1.807) is 12.3 Å². The van der Waals surface area contributed by atoms with Gasteiger partial charge in [-0.15, -0.1) is 0 Å². The largest absolute Gasteiger partial charge is 0.380 e. The third-order valence-electron chi connectivity index (χ3n) is 6.87. The minimum absolute atomic E-state index is 0.596. The summed E-state index contributed by atoms with van der Waals surface area (Å²) in [5.74, 6) is 0. The molecule has 0 saturated carbocycles. The van der Waals surface area contributed by atoms with Crippen molar-refractivity contribution in [3.8, 4) is 0 Å². The Kier molecular flexibility index (Phi) is 9.74. The van der Waals surface area contributed by atoms with Crippen molar-refractivity contribution >= 4 is 34.4 Å². The first kappa shape index (κ1) is 27.8. The van der Waals surface area contributed by atoms with Gasteiger partial charge in [-0.05, 0) is 60.5 Å². The molecule has 0 unspecified atom stereocenters. The molecule has 1 fully saturated rings. The van der Waals surface area contributed by atoms with E-state index in [4.69, 9.17) is 26.3 Å². The molecule has 3 aliphatic rings. The second kappa shape index (κ2) is 14.0. The summed E-state index contributed by atoms with van der Waals surface area (Å²) < 4.78 is 5.62. The number of aliphatic imine (C=N–C) groups is 2. The van der Waals surface area contributed by atoms with Gasteiger partial charge in [0.25, 0.3) is 0 Å². The van der Waals surface area contributed by atoms with E-state index in [2.05, 4.69) is 57.0 Å². The first-order valence-electron chi connectivity index (χ1n) is 13.7. The zero-order valence-corrected chi connectivity index (χ0v) is 23.4. The predicted octanol–water partition coefficient (Wildman–Crippen LogP) is 5.72. The second-order valence-electron chi connectivity index (χ2n) is 9.74. The molecular weight excluding hydrogens is 520 g/mol. The summed E-state index contributed by atoms with van der Waals surface area (Å²) >= 11 is 6.24. The van der Waals surface area contributed by atoms with Crippen molar-refractivity contribution in [3.63, 3.8) is 0 Å². The molecule has 0 bridgehead atoms. The number of aromatic nitrogens is 1. The molecule has 0 spiro atoms. The SMILES string of the molecule is C=C/C=C\C=C1\CN=C2C=C(Nc3cccnc3)C(=NCCN3CCCOCC3)C=C2N(c2ccc(Cl)cc2)C1. The van der Waals surface area contributed by atoms with Gasteiger partial charge in [0.1, 0.15) is 0 Å². The third-order valence-corrected chi connectivity index (χ3v) is 7.12. The number of allylic oxidation sites excluding steroid dienone is 6. The summed E-state index contributed by atoms with van der Waals surface area (Å²) in [6, 6.07) is 11.9. The minimum atomic E-state index is 0.596. The van der Waals surface area contributed by atoms with E-state index in [-0.39, 0.29) is 0 Å². The van der Waals surface area contributed by atoms with Crippen LogP contribution in [0.15, 0.2) is 119 Å². The first-order valence-corrected chi connectivity index (χ1v) is 14.1. The summed E-state index contributed by atoms with van der Waals surface area (Å²) in [4.78, 5) is 19.1. The standard InChI is InChI=1S/C32H35ClN6O/c1-2-3-4-7-25-22-36-31-20-30(37-27-8-5-13-34-23-27)29(35-14-16-38-15-6-18-40-19-17-38)21-32(31)39(24-25)28-11-9-26(33)10-12-28/h2-5,7-13,20-21,23,37H,1,6,14-19,22,24H2/b4-3-,25-7-,35-29?. The van der Waals surface area contributed by atoms with Crippen LogP contribution in [-0.4, -0.2) is 73.8 Å². The van der Waals surface area contributed by atoms with Gasteiger partial charge in [0.05, 0.1) is 54.4 Å². The zero-order chi connectivity index (χ0) is 27.6. The fourth-order valence-electron chi connectivity index (χ4n) is 4.82. The normalized spacial score (nSPS) is 20.4. The van der Waals surface area contributed by atoms with Crippen LogP contribution in [0.2, 0.25) is 5.02 Å². The number of rotatable bonds is 8. The maximum Gasteiger partial charge on any atom is 0.0837 e. The number of anilines is 2. The Morgan fingerprint density at radius 2 is 2.00 bits per heavy atom. The summed E-state index contributed by atoms with van der Waals surface area (Å²) in [6.07, 6.45) is 16.7. The molecule has 1 N–H and O–H groups in total. The van der Waals surface area contributed by atoms with E-state index < -0.39 is 0 Å². The van der Waals surface area contributed by atoms with Crippen molar-refractivity contribution in [1.82, 2.24) is 9.88 Å². The highest BCUT2D eigenvalue weighted by Gasteiger charge is 2.26. The Morgan fingerprint density at radius 1 is 1.10 bits per heavy atom. The first-order chi connectivity index (χ1) is 19.7. The lowest BCUT2D eigenvalue weighted by molar-refractivity contribution is 0.142. The lowest BCUT2D eigenvalue weighted by Crippen LogP contribution is -2.32. The fraction of sp³-hybridized carbons (Fsp3) is 0.281. The highest BCUT2D eigenvalue weighted by atomic mass is 35.5. The van der Waals surface area contributed by atoms with Crippen LogP contribution in [0.25, 0.3) is 0 Å². The quantitative estimate of drug-likeness (QED) is 0.334. The zero-order valence-electron chi connectivity index (χ0n) is 22.7. The van der Waals surface area contributed by atoms with Crippen LogP contribution in [-0.2, 0) is 4.74 Å². The number of ether oxygens (including phenoxy) is 1. The van der Waals surface area contributed by atoms with Crippen LogP contribution in [0.1, 0.15) is 6.42 Å². The lowest BCUT2D eigenvalue weighted by atomic mass is 10.0. The van der Waals surface area contributed by atoms with Gasteiger partial charge in [0.2, 0.25) is 0 Å². The molecule has 0 amide bonds. The van der Waals surface area contributed by atoms with Gasteiger partial charge in [0.15, 0.2) is 0 Å². The maximum atomic E-state index is 6.24.